The van der Waals surface area contributed by atoms with Gasteiger partial charge < -0.3 is 19.8 Å². The number of carbonyl (C=O) groups is 1. The summed E-state index contributed by atoms with van der Waals surface area (Å²) in [6.45, 7) is 4.43. The summed E-state index contributed by atoms with van der Waals surface area (Å²) in [5.74, 6) is 0.473. The van der Waals surface area contributed by atoms with Crippen LogP contribution >= 0.6 is 0 Å². The number of aryl methyl sites for hydroxylation is 1. The van der Waals surface area contributed by atoms with E-state index in [1.54, 1.807) is 26.4 Å². The largest absolute Gasteiger partial charge is 0.493 e. The van der Waals surface area contributed by atoms with Crippen molar-refractivity contribution in [3.05, 3.63) is 70.8 Å². The number of hydrogen-bond donors (Lipinski definition) is 1. The number of hydrogen-bond acceptors (Lipinski definition) is 3. The van der Waals surface area contributed by atoms with Crippen LogP contribution in [0.15, 0.2) is 42.5 Å². The molecule has 0 saturated carbocycles. The van der Waals surface area contributed by atoms with Crippen LogP contribution in [-0.4, -0.2) is 24.7 Å². The first kappa shape index (κ1) is 20.5. The molecular weight excluding hydrogens is 371 g/mol. The lowest BCUT2D eigenvalue weighted by Crippen LogP contribution is -2.14. The van der Waals surface area contributed by atoms with Gasteiger partial charge in [0.2, 0.25) is 0 Å². The smallest absolute Gasteiger partial charge is 0.251 e. The molecule has 0 aliphatic carbocycles. The molecule has 152 valence electrons. The van der Waals surface area contributed by atoms with Gasteiger partial charge in [0, 0.05) is 23.5 Å². The molecule has 3 rings (SSSR count). The van der Waals surface area contributed by atoms with Crippen molar-refractivity contribution in [1.29, 1.82) is 0 Å². The highest BCUT2D eigenvalue weighted by Gasteiger charge is 2.22. The second kappa shape index (κ2) is 8.39. The highest BCUT2D eigenvalue weighted by Crippen LogP contribution is 2.33. The van der Waals surface area contributed by atoms with Gasteiger partial charge in [0.05, 0.1) is 19.8 Å². The lowest BCUT2D eigenvalue weighted by atomic mass is 10.00. The summed E-state index contributed by atoms with van der Waals surface area (Å²) < 4.78 is 26.5. The number of halogens is 1. The molecule has 0 aliphatic heterocycles. The van der Waals surface area contributed by atoms with Crippen LogP contribution in [0.1, 0.15) is 27.3 Å². The Kier molecular flexibility index (Phi) is 5.92. The summed E-state index contributed by atoms with van der Waals surface area (Å²) in [5, 5.41) is 0. The minimum Gasteiger partial charge on any atom is -0.493 e. The number of ether oxygens (including phenoxy) is 2. The molecule has 0 unspecified atom stereocenters. The van der Waals surface area contributed by atoms with Crippen molar-refractivity contribution in [2.45, 2.75) is 26.8 Å². The third-order valence-corrected chi connectivity index (χ3v) is 5.22. The minimum atomic E-state index is -0.519. The Hall–Kier alpha value is -3.28. The maximum absolute atomic E-state index is 13.8. The molecule has 3 aromatic rings. The van der Waals surface area contributed by atoms with Crippen LogP contribution in [0, 0.1) is 19.7 Å². The average molecular weight is 396 g/mol. The molecule has 0 saturated heterocycles. The van der Waals surface area contributed by atoms with Gasteiger partial charge in [-0.3, -0.25) is 4.79 Å². The second-order valence-corrected chi connectivity index (χ2v) is 6.89. The molecule has 0 radical (unpaired) electrons. The Labute approximate surface area is 169 Å². The molecule has 0 bridgehead atoms. The molecular formula is C23H25FN2O3. The SMILES string of the molecule is COc1ccc(CCn2c(C)c(C(N)=O)c(-c3cccc(F)c3)c2C)cc1OC. The molecule has 1 aromatic heterocycles. The van der Waals surface area contributed by atoms with Gasteiger partial charge in [0.15, 0.2) is 11.5 Å². The van der Waals surface area contributed by atoms with E-state index in [0.717, 1.165) is 23.4 Å². The predicted molar refractivity (Wildman–Crippen MR) is 111 cm³/mol. The second-order valence-electron chi connectivity index (χ2n) is 6.89. The Morgan fingerprint density at radius 1 is 1.03 bits per heavy atom. The first-order valence-corrected chi connectivity index (χ1v) is 9.33. The van der Waals surface area contributed by atoms with E-state index in [-0.39, 0.29) is 5.82 Å². The maximum atomic E-state index is 13.8. The number of rotatable bonds is 7. The fourth-order valence-corrected chi connectivity index (χ4v) is 3.79. The van der Waals surface area contributed by atoms with E-state index in [4.69, 9.17) is 15.2 Å². The van der Waals surface area contributed by atoms with Gasteiger partial charge in [-0.2, -0.15) is 0 Å². The zero-order chi connectivity index (χ0) is 21.1. The van der Waals surface area contributed by atoms with E-state index in [2.05, 4.69) is 4.57 Å². The van der Waals surface area contributed by atoms with E-state index < -0.39 is 5.91 Å². The molecule has 1 amide bonds. The average Bonchev–Trinajstić information content (AvgIpc) is 2.96. The molecule has 0 fully saturated rings. The van der Waals surface area contributed by atoms with E-state index in [0.29, 0.717) is 34.7 Å². The van der Waals surface area contributed by atoms with Gasteiger partial charge in [-0.1, -0.05) is 18.2 Å². The molecule has 0 aliphatic rings. The zero-order valence-electron chi connectivity index (χ0n) is 17.1. The van der Waals surface area contributed by atoms with Crippen molar-refractivity contribution in [3.8, 4) is 22.6 Å². The monoisotopic (exact) mass is 396 g/mol. The number of amides is 1. The summed E-state index contributed by atoms with van der Waals surface area (Å²) in [7, 11) is 3.20. The number of primary amides is 1. The molecule has 5 nitrogen and oxygen atoms in total. The van der Waals surface area contributed by atoms with Crippen LogP contribution in [0.3, 0.4) is 0 Å². The molecule has 29 heavy (non-hydrogen) atoms. The lowest BCUT2D eigenvalue weighted by molar-refractivity contribution is 0.1000. The van der Waals surface area contributed by atoms with E-state index in [9.17, 15) is 9.18 Å². The normalized spacial score (nSPS) is 10.8. The Morgan fingerprint density at radius 2 is 1.76 bits per heavy atom. The van der Waals surface area contributed by atoms with Crippen molar-refractivity contribution in [3.63, 3.8) is 0 Å². The lowest BCUT2D eigenvalue weighted by Gasteiger charge is -2.12. The third-order valence-electron chi connectivity index (χ3n) is 5.22. The fourth-order valence-electron chi connectivity index (χ4n) is 3.79. The van der Waals surface area contributed by atoms with Gasteiger partial charge in [0.25, 0.3) is 5.91 Å². The zero-order valence-corrected chi connectivity index (χ0v) is 17.1. The Morgan fingerprint density at radius 3 is 2.38 bits per heavy atom. The summed E-state index contributed by atoms with van der Waals surface area (Å²) in [6.07, 6.45) is 0.720. The number of methoxy groups -OCH3 is 2. The quantitative estimate of drug-likeness (QED) is 0.649. The third kappa shape index (κ3) is 3.97. The van der Waals surface area contributed by atoms with Crippen LogP contribution < -0.4 is 15.2 Å². The van der Waals surface area contributed by atoms with Crippen LogP contribution in [0.2, 0.25) is 0 Å². The van der Waals surface area contributed by atoms with Crippen LogP contribution in [0.5, 0.6) is 11.5 Å². The van der Waals surface area contributed by atoms with Crippen molar-refractivity contribution < 1.29 is 18.7 Å². The van der Waals surface area contributed by atoms with Gasteiger partial charge in [-0.15, -0.1) is 0 Å². The van der Waals surface area contributed by atoms with Crippen LogP contribution in [0.25, 0.3) is 11.1 Å². The summed E-state index contributed by atoms with van der Waals surface area (Å²) in [5.41, 5.74) is 10.2. The standard InChI is InChI=1S/C23H25FN2O3/c1-14-21(17-6-5-7-18(24)13-17)22(23(25)27)15(2)26(14)11-10-16-8-9-19(28-3)20(12-16)29-4/h5-9,12-13H,10-11H2,1-4H3,(H2,25,27). The van der Waals surface area contributed by atoms with Crippen molar-refractivity contribution >= 4 is 5.91 Å². The molecule has 0 atom stereocenters. The highest BCUT2D eigenvalue weighted by molar-refractivity contribution is 6.02. The molecule has 0 spiro atoms. The fraction of sp³-hybridized carbons (Fsp3) is 0.261. The van der Waals surface area contributed by atoms with Crippen molar-refractivity contribution in [1.82, 2.24) is 4.57 Å². The van der Waals surface area contributed by atoms with Crippen LogP contribution in [0.4, 0.5) is 4.39 Å². The van der Waals surface area contributed by atoms with E-state index in [1.165, 1.54) is 12.1 Å². The van der Waals surface area contributed by atoms with Gasteiger partial charge in [-0.25, -0.2) is 4.39 Å². The number of aromatic nitrogens is 1. The number of nitrogens with two attached hydrogens (primary N) is 1. The Balaban J connectivity index is 1.98. The number of benzene rings is 2. The van der Waals surface area contributed by atoms with Gasteiger partial charge >= 0.3 is 0 Å². The van der Waals surface area contributed by atoms with Crippen molar-refractivity contribution in [2.75, 3.05) is 14.2 Å². The van der Waals surface area contributed by atoms with Crippen molar-refractivity contribution in [2.24, 2.45) is 5.73 Å². The topological polar surface area (TPSA) is 66.5 Å². The number of carbonyl (C=O) groups excluding carboxylic acids is 1. The first-order chi connectivity index (χ1) is 13.9. The maximum Gasteiger partial charge on any atom is 0.251 e. The predicted octanol–water partition coefficient (Wildman–Crippen LogP) is 4.27. The minimum absolute atomic E-state index is 0.354. The van der Waals surface area contributed by atoms with Gasteiger partial charge in [0.1, 0.15) is 5.82 Å². The Bertz CT molecular complexity index is 1060. The molecule has 2 aromatic carbocycles. The van der Waals surface area contributed by atoms with Crippen LogP contribution in [-0.2, 0) is 13.0 Å². The first-order valence-electron chi connectivity index (χ1n) is 9.33. The van der Waals surface area contributed by atoms with E-state index >= 15 is 0 Å². The van der Waals surface area contributed by atoms with Gasteiger partial charge in [-0.05, 0) is 55.7 Å². The molecule has 6 heteroatoms. The highest BCUT2D eigenvalue weighted by atomic mass is 19.1. The number of nitrogens with zero attached hydrogens (tertiary/aromatic N) is 1. The summed E-state index contributed by atoms with van der Waals surface area (Å²) in [4.78, 5) is 12.2. The summed E-state index contributed by atoms with van der Waals surface area (Å²) in [6, 6.07) is 12.0. The molecule has 2 N–H and O–H groups in total. The summed E-state index contributed by atoms with van der Waals surface area (Å²) >= 11 is 0. The van der Waals surface area contributed by atoms with E-state index in [1.807, 2.05) is 32.0 Å². The molecule has 1 heterocycles.